The molecule has 0 aliphatic rings. The van der Waals surface area contributed by atoms with Crippen LogP contribution in [0.25, 0.3) is 0 Å². The highest BCUT2D eigenvalue weighted by Crippen LogP contribution is 2.30. The molecule has 7 heteroatoms. The molecule has 0 saturated carbocycles. The molecule has 0 spiro atoms. The normalized spacial score (nSPS) is 11.4. The second kappa shape index (κ2) is 9.06. The zero-order chi connectivity index (χ0) is 21.7. The van der Waals surface area contributed by atoms with Gasteiger partial charge >= 0.3 is 0 Å². The number of hydrogen-bond acceptors (Lipinski definition) is 6. The molecule has 0 radical (unpaired) electrons. The van der Waals surface area contributed by atoms with Crippen molar-refractivity contribution in [3.8, 4) is 0 Å². The van der Waals surface area contributed by atoms with Gasteiger partial charge in [0.1, 0.15) is 5.82 Å². The highest BCUT2D eigenvalue weighted by molar-refractivity contribution is 7.90. The van der Waals surface area contributed by atoms with Gasteiger partial charge in [-0.2, -0.15) is 0 Å². The summed E-state index contributed by atoms with van der Waals surface area (Å²) in [5, 5.41) is 3.29. The van der Waals surface area contributed by atoms with Gasteiger partial charge in [-0.05, 0) is 59.5 Å². The summed E-state index contributed by atoms with van der Waals surface area (Å²) < 4.78 is 23.8. The molecule has 4 aromatic rings. The largest absolute Gasteiger partial charge is 0.340 e. The SMILES string of the molecule is CS(=O)(=O)c1cccc(Nc2ncccc2CC(c2cccnc2)c2cccnc2)c1. The van der Waals surface area contributed by atoms with Crippen molar-refractivity contribution in [2.45, 2.75) is 17.2 Å². The van der Waals surface area contributed by atoms with E-state index in [1.807, 2.05) is 42.7 Å². The van der Waals surface area contributed by atoms with Gasteiger partial charge in [0.25, 0.3) is 0 Å². The third-order valence-corrected chi connectivity index (χ3v) is 6.12. The van der Waals surface area contributed by atoms with Crippen LogP contribution in [0, 0.1) is 0 Å². The van der Waals surface area contributed by atoms with E-state index in [2.05, 4.69) is 32.4 Å². The maximum Gasteiger partial charge on any atom is 0.175 e. The molecule has 0 bridgehead atoms. The Bertz CT molecular complexity index is 1220. The topological polar surface area (TPSA) is 84.8 Å². The van der Waals surface area contributed by atoms with Crippen molar-refractivity contribution in [3.63, 3.8) is 0 Å². The molecule has 6 nitrogen and oxygen atoms in total. The molecular formula is C24H22N4O2S. The minimum atomic E-state index is -3.29. The predicted octanol–water partition coefficient (Wildman–Crippen LogP) is 4.39. The second-order valence-corrected chi connectivity index (χ2v) is 9.28. The molecule has 0 saturated heterocycles. The minimum Gasteiger partial charge on any atom is -0.340 e. The number of rotatable bonds is 7. The molecule has 1 N–H and O–H groups in total. The highest BCUT2D eigenvalue weighted by atomic mass is 32.2. The lowest BCUT2D eigenvalue weighted by molar-refractivity contribution is 0.602. The van der Waals surface area contributed by atoms with Gasteiger partial charge in [0, 0.05) is 48.8 Å². The number of nitrogens with zero attached hydrogens (tertiary/aromatic N) is 3. The van der Waals surface area contributed by atoms with Crippen molar-refractivity contribution in [2.75, 3.05) is 11.6 Å². The van der Waals surface area contributed by atoms with E-state index in [4.69, 9.17) is 0 Å². The van der Waals surface area contributed by atoms with Gasteiger partial charge in [-0.25, -0.2) is 13.4 Å². The molecule has 0 atom stereocenters. The molecular weight excluding hydrogens is 408 g/mol. The molecule has 0 unspecified atom stereocenters. The van der Waals surface area contributed by atoms with Crippen LogP contribution in [0.3, 0.4) is 0 Å². The summed E-state index contributed by atoms with van der Waals surface area (Å²) in [5.74, 6) is 0.737. The molecule has 3 heterocycles. The third-order valence-electron chi connectivity index (χ3n) is 5.01. The molecule has 31 heavy (non-hydrogen) atoms. The standard InChI is InChI=1S/C24H22N4O2S/c1-31(29,30)22-10-2-9-21(15-22)28-24-18(6-5-13-27-24)14-23(19-7-3-11-25-16-19)20-8-4-12-26-17-20/h2-13,15-17,23H,14H2,1H3,(H,27,28). The van der Waals surface area contributed by atoms with E-state index in [0.717, 1.165) is 16.7 Å². The van der Waals surface area contributed by atoms with Crippen LogP contribution in [-0.4, -0.2) is 29.6 Å². The van der Waals surface area contributed by atoms with E-state index < -0.39 is 9.84 Å². The van der Waals surface area contributed by atoms with Gasteiger partial charge in [-0.15, -0.1) is 0 Å². The van der Waals surface area contributed by atoms with Gasteiger partial charge in [-0.1, -0.05) is 24.3 Å². The van der Waals surface area contributed by atoms with E-state index >= 15 is 0 Å². The molecule has 0 aliphatic carbocycles. The fraction of sp³-hybridized carbons (Fsp3) is 0.125. The Kier molecular flexibility index (Phi) is 6.04. The van der Waals surface area contributed by atoms with Gasteiger partial charge in [0.15, 0.2) is 9.84 Å². The molecule has 0 fully saturated rings. The summed E-state index contributed by atoms with van der Waals surface area (Å²) in [7, 11) is -3.29. The second-order valence-electron chi connectivity index (χ2n) is 7.27. The first-order chi connectivity index (χ1) is 15.0. The summed E-state index contributed by atoms with van der Waals surface area (Å²) in [6, 6.07) is 18.6. The number of hydrogen-bond donors (Lipinski definition) is 1. The van der Waals surface area contributed by atoms with Crippen LogP contribution in [0.5, 0.6) is 0 Å². The van der Waals surface area contributed by atoms with Crippen LogP contribution in [-0.2, 0) is 16.3 Å². The molecule has 3 aromatic heterocycles. The maximum atomic E-state index is 11.9. The van der Waals surface area contributed by atoms with Crippen molar-refractivity contribution in [1.29, 1.82) is 0 Å². The van der Waals surface area contributed by atoms with E-state index in [0.29, 0.717) is 17.9 Å². The quantitative estimate of drug-likeness (QED) is 0.468. The van der Waals surface area contributed by atoms with Crippen LogP contribution in [0.2, 0.25) is 0 Å². The first-order valence-corrected chi connectivity index (χ1v) is 11.7. The Hall–Kier alpha value is -3.58. The van der Waals surface area contributed by atoms with Gasteiger partial charge in [0.2, 0.25) is 0 Å². The lowest BCUT2D eigenvalue weighted by atomic mass is 9.87. The van der Waals surface area contributed by atoms with E-state index in [-0.39, 0.29) is 10.8 Å². The first-order valence-electron chi connectivity index (χ1n) is 9.81. The van der Waals surface area contributed by atoms with Gasteiger partial charge in [-0.3, -0.25) is 9.97 Å². The first kappa shape index (κ1) is 20.7. The molecule has 0 aliphatic heterocycles. The van der Waals surface area contributed by atoms with Crippen molar-refractivity contribution in [1.82, 2.24) is 15.0 Å². The Balaban J connectivity index is 1.68. The van der Waals surface area contributed by atoms with Crippen LogP contribution < -0.4 is 5.32 Å². The zero-order valence-electron chi connectivity index (χ0n) is 17.0. The van der Waals surface area contributed by atoms with Crippen molar-refractivity contribution in [2.24, 2.45) is 0 Å². The number of anilines is 2. The number of aromatic nitrogens is 3. The fourth-order valence-electron chi connectivity index (χ4n) is 3.47. The molecule has 156 valence electrons. The van der Waals surface area contributed by atoms with Crippen LogP contribution >= 0.6 is 0 Å². The Morgan fingerprint density at radius 2 is 1.55 bits per heavy atom. The Morgan fingerprint density at radius 3 is 2.16 bits per heavy atom. The smallest absolute Gasteiger partial charge is 0.175 e. The average Bonchev–Trinajstić information content (AvgIpc) is 2.79. The van der Waals surface area contributed by atoms with Crippen molar-refractivity contribution < 1.29 is 8.42 Å². The molecule has 0 amide bonds. The number of benzene rings is 1. The van der Waals surface area contributed by atoms with Gasteiger partial charge in [0.05, 0.1) is 4.90 Å². The minimum absolute atomic E-state index is 0.0505. The van der Waals surface area contributed by atoms with E-state index in [1.54, 1.807) is 36.8 Å². The fourth-order valence-corrected chi connectivity index (χ4v) is 4.14. The van der Waals surface area contributed by atoms with Crippen LogP contribution in [0.15, 0.2) is 96.5 Å². The number of pyridine rings is 3. The third kappa shape index (κ3) is 5.13. The monoisotopic (exact) mass is 430 g/mol. The van der Waals surface area contributed by atoms with Crippen LogP contribution in [0.1, 0.15) is 22.6 Å². The lowest BCUT2D eigenvalue weighted by Gasteiger charge is -2.19. The predicted molar refractivity (Wildman–Crippen MR) is 121 cm³/mol. The Labute approximate surface area is 182 Å². The highest BCUT2D eigenvalue weighted by Gasteiger charge is 2.18. The maximum absolute atomic E-state index is 11.9. The number of sulfone groups is 1. The molecule has 1 aromatic carbocycles. The van der Waals surface area contributed by atoms with Crippen molar-refractivity contribution >= 4 is 21.3 Å². The average molecular weight is 431 g/mol. The van der Waals surface area contributed by atoms with Gasteiger partial charge < -0.3 is 5.32 Å². The molecule has 4 rings (SSSR count). The Morgan fingerprint density at radius 1 is 0.871 bits per heavy atom. The van der Waals surface area contributed by atoms with Crippen molar-refractivity contribution in [3.05, 3.63) is 108 Å². The summed E-state index contributed by atoms with van der Waals surface area (Å²) >= 11 is 0. The summed E-state index contributed by atoms with van der Waals surface area (Å²) in [6.45, 7) is 0. The van der Waals surface area contributed by atoms with Crippen LogP contribution in [0.4, 0.5) is 11.5 Å². The summed E-state index contributed by atoms with van der Waals surface area (Å²) in [4.78, 5) is 13.4. The summed E-state index contributed by atoms with van der Waals surface area (Å²) in [5.41, 5.74) is 3.85. The zero-order valence-corrected chi connectivity index (χ0v) is 17.8. The number of nitrogens with one attached hydrogen (secondary N) is 1. The lowest BCUT2D eigenvalue weighted by Crippen LogP contribution is -2.08. The van der Waals surface area contributed by atoms with E-state index in [9.17, 15) is 8.42 Å². The summed E-state index contributed by atoms with van der Waals surface area (Å²) in [6.07, 6.45) is 10.9. The van der Waals surface area contributed by atoms with E-state index in [1.165, 1.54) is 6.26 Å².